The van der Waals surface area contributed by atoms with E-state index in [-0.39, 0.29) is 29.0 Å². The number of rotatable bonds is 6. The molecule has 2 saturated carbocycles. The Balaban J connectivity index is 1.58. The maximum atomic E-state index is 13.4. The van der Waals surface area contributed by atoms with Crippen molar-refractivity contribution >= 4 is 23.5 Å². The number of aryl methyl sites for hydroxylation is 1. The summed E-state index contributed by atoms with van der Waals surface area (Å²) in [5, 5.41) is 18.1. The summed E-state index contributed by atoms with van der Waals surface area (Å²) < 4.78 is 8.28. The van der Waals surface area contributed by atoms with Gasteiger partial charge >= 0.3 is 0 Å². The predicted molar refractivity (Wildman–Crippen MR) is 125 cm³/mol. The van der Waals surface area contributed by atoms with E-state index in [0.29, 0.717) is 43.2 Å². The van der Waals surface area contributed by atoms with Crippen molar-refractivity contribution < 1.29 is 19.4 Å². The second-order valence-electron chi connectivity index (χ2n) is 10.1. The summed E-state index contributed by atoms with van der Waals surface area (Å²) in [5.41, 5.74) is 0.412. The van der Waals surface area contributed by atoms with Gasteiger partial charge in [0.15, 0.2) is 5.56 Å². The van der Waals surface area contributed by atoms with Crippen LogP contribution in [0.15, 0.2) is 10.9 Å². The van der Waals surface area contributed by atoms with Gasteiger partial charge in [0.1, 0.15) is 5.65 Å². The Morgan fingerprint density at radius 2 is 2.06 bits per heavy atom. The number of aromatic hydroxyl groups is 1. The zero-order valence-electron chi connectivity index (χ0n) is 19.8. The number of morpholine rings is 1. The van der Waals surface area contributed by atoms with Crippen molar-refractivity contribution in [1.82, 2.24) is 24.4 Å². The number of fused-ring (bicyclic) bond motifs is 1. The molecule has 2 aliphatic carbocycles. The average molecular weight is 470 g/mol. The van der Waals surface area contributed by atoms with Crippen molar-refractivity contribution in [3.63, 3.8) is 0 Å². The van der Waals surface area contributed by atoms with Gasteiger partial charge in [0.25, 0.3) is 11.5 Å². The Morgan fingerprint density at radius 1 is 1.32 bits per heavy atom. The number of hydrogen-bond acceptors (Lipinski definition) is 6. The van der Waals surface area contributed by atoms with Gasteiger partial charge in [0, 0.05) is 30.8 Å². The Bertz CT molecular complexity index is 1250. The highest BCUT2D eigenvalue weighted by molar-refractivity contribution is 5.97. The summed E-state index contributed by atoms with van der Waals surface area (Å²) >= 11 is 0. The van der Waals surface area contributed by atoms with Gasteiger partial charge in [-0.05, 0) is 44.6 Å². The van der Waals surface area contributed by atoms with Crippen molar-refractivity contribution in [2.24, 2.45) is 5.92 Å². The molecule has 182 valence electrons. The normalized spacial score (nSPS) is 19.5. The van der Waals surface area contributed by atoms with Gasteiger partial charge in [-0.1, -0.05) is 13.8 Å². The summed E-state index contributed by atoms with van der Waals surface area (Å²) in [5.74, 6) is -1.09. The molecule has 0 aromatic carbocycles. The fraction of sp³-hybridized carbons (Fsp3) is 0.583. The molecule has 5 rings (SSSR count). The average Bonchev–Trinajstić information content (AvgIpc) is 3.71. The van der Waals surface area contributed by atoms with Crippen LogP contribution in [0.5, 0.6) is 5.88 Å². The molecule has 0 unspecified atom stereocenters. The van der Waals surface area contributed by atoms with Gasteiger partial charge in [-0.15, -0.1) is 0 Å². The Kier molecular flexibility index (Phi) is 5.50. The quantitative estimate of drug-likeness (QED) is 0.619. The van der Waals surface area contributed by atoms with Crippen LogP contribution in [0, 0.1) is 12.8 Å². The minimum absolute atomic E-state index is 0.0411. The third-order valence-corrected chi connectivity index (χ3v) is 6.80. The van der Waals surface area contributed by atoms with Crippen LogP contribution in [0.2, 0.25) is 0 Å². The van der Waals surface area contributed by atoms with E-state index in [1.165, 1.54) is 15.2 Å². The molecule has 34 heavy (non-hydrogen) atoms. The molecule has 0 radical (unpaired) electrons. The molecular weight excluding hydrogens is 438 g/mol. The van der Waals surface area contributed by atoms with Gasteiger partial charge in [-0.3, -0.25) is 19.0 Å². The number of carbonyl (C=O) groups is 2. The molecule has 2 aromatic heterocycles. The van der Waals surface area contributed by atoms with E-state index in [0.717, 1.165) is 25.7 Å². The predicted octanol–water partition coefficient (Wildman–Crippen LogP) is 1.46. The lowest BCUT2D eigenvalue weighted by Crippen LogP contribution is -2.50. The number of nitrogens with one attached hydrogen (secondary N) is 1. The van der Waals surface area contributed by atoms with E-state index >= 15 is 0 Å². The van der Waals surface area contributed by atoms with Crippen LogP contribution in [0.1, 0.15) is 61.1 Å². The Labute approximate surface area is 197 Å². The second-order valence-corrected chi connectivity index (χ2v) is 10.1. The summed E-state index contributed by atoms with van der Waals surface area (Å²) in [6.07, 6.45) is 6.77. The van der Waals surface area contributed by atoms with Crippen molar-refractivity contribution in [1.29, 1.82) is 0 Å². The van der Waals surface area contributed by atoms with Crippen LogP contribution in [-0.2, 0) is 16.1 Å². The molecule has 3 aliphatic rings. The van der Waals surface area contributed by atoms with Crippen molar-refractivity contribution in [2.45, 2.75) is 64.6 Å². The maximum absolute atomic E-state index is 13.4. The third kappa shape index (κ3) is 3.89. The fourth-order valence-corrected chi connectivity index (χ4v) is 4.66. The molecule has 1 aliphatic heterocycles. The summed E-state index contributed by atoms with van der Waals surface area (Å²) in [6, 6.07) is 0.0411. The van der Waals surface area contributed by atoms with Crippen LogP contribution in [0.3, 0.4) is 0 Å². The van der Waals surface area contributed by atoms with Gasteiger partial charge in [-0.2, -0.15) is 9.61 Å². The first-order valence-electron chi connectivity index (χ1n) is 12.0. The smallest absolute Gasteiger partial charge is 0.270 e. The second kappa shape index (κ2) is 8.26. The highest BCUT2D eigenvalue weighted by atomic mass is 16.5. The summed E-state index contributed by atoms with van der Waals surface area (Å²) in [4.78, 5) is 41.1. The molecule has 1 saturated heterocycles. The molecule has 0 atom stereocenters. The van der Waals surface area contributed by atoms with Crippen LogP contribution in [-0.4, -0.2) is 67.3 Å². The summed E-state index contributed by atoms with van der Waals surface area (Å²) in [7, 11) is 0. The molecular formula is C24H31N5O5. The van der Waals surface area contributed by atoms with E-state index < -0.39 is 17.3 Å². The molecule has 2 N–H and O–H groups in total. The molecule has 3 fully saturated rings. The van der Waals surface area contributed by atoms with E-state index in [9.17, 15) is 19.5 Å². The van der Waals surface area contributed by atoms with Gasteiger partial charge in [-0.25, -0.2) is 0 Å². The van der Waals surface area contributed by atoms with Crippen molar-refractivity contribution in [2.75, 3.05) is 19.8 Å². The highest BCUT2D eigenvalue weighted by Crippen LogP contribution is 2.43. The zero-order valence-corrected chi connectivity index (χ0v) is 19.8. The molecule has 10 nitrogen and oxygen atoms in total. The molecule has 0 bridgehead atoms. The Morgan fingerprint density at radius 3 is 2.71 bits per heavy atom. The lowest BCUT2D eigenvalue weighted by atomic mass is 10.1. The zero-order chi connectivity index (χ0) is 24.2. The van der Waals surface area contributed by atoms with Crippen LogP contribution in [0.4, 0.5) is 0 Å². The number of hydrogen-bond donors (Lipinski definition) is 2. The standard InChI is InChI=1S/C24H31N5O5/c1-14(2)12-27-21-17(6-7-18(30)28-10-11-34-13-24(28)8-9-24)15(3)26-29(21)23(33)19(22(27)32)20(31)25-16-4-5-16/h6-7,14,16,33H,4-5,8-13H2,1-3H3,(H,25,31)/b7-6+. The van der Waals surface area contributed by atoms with Gasteiger partial charge in [0.2, 0.25) is 11.8 Å². The molecule has 2 aromatic rings. The minimum atomic E-state index is -0.591. The first kappa shape index (κ1) is 22.6. The number of amides is 2. The third-order valence-electron chi connectivity index (χ3n) is 6.80. The lowest BCUT2D eigenvalue weighted by Gasteiger charge is -2.35. The molecule has 2 amide bonds. The van der Waals surface area contributed by atoms with Gasteiger partial charge in [0.05, 0.1) is 24.4 Å². The number of aromatic nitrogens is 3. The van der Waals surface area contributed by atoms with Crippen LogP contribution >= 0.6 is 0 Å². The maximum Gasteiger partial charge on any atom is 0.270 e. The van der Waals surface area contributed by atoms with E-state index in [1.807, 2.05) is 18.7 Å². The first-order chi connectivity index (χ1) is 16.2. The van der Waals surface area contributed by atoms with E-state index in [1.54, 1.807) is 13.0 Å². The van der Waals surface area contributed by atoms with Crippen molar-refractivity contribution in [3.8, 4) is 5.88 Å². The molecule has 1 spiro atoms. The van der Waals surface area contributed by atoms with Crippen LogP contribution in [0.25, 0.3) is 11.7 Å². The lowest BCUT2D eigenvalue weighted by molar-refractivity contribution is -0.136. The molecule has 10 heteroatoms. The fourth-order valence-electron chi connectivity index (χ4n) is 4.66. The Hall–Kier alpha value is -3.14. The van der Waals surface area contributed by atoms with E-state index in [2.05, 4.69) is 10.4 Å². The van der Waals surface area contributed by atoms with Gasteiger partial charge < -0.3 is 20.1 Å². The monoisotopic (exact) mass is 469 g/mol. The highest BCUT2D eigenvalue weighted by Gasteiger charge is 2.51. The SMILES string of the molecule is Cc1nn2c(O)c(C(=O)NC3CC3)c(=O)n(CC(C)C)c2c1/C=C/C(=O)N1CCOCC12CC2. The first-order valence-corrected chi connectivity index (χ1v) is 12.0. The minimum Gasteiger partial charge on any atom is -0.492 e. The van der Waals surface area contributed by atoms with E-state index in [4.69, 9.17) is 4.74 Å². The topological polar surface area (TPSA) is 118 Å². The van der Waals surface area contributed by atoms with Crippen LogP contribution < -0.4 is 10.9 Å². The number of ether oxygens (including phenoxy) is 1. The largest absolute Gasteiger partial charge is 0.492 e. The number of nitrogens with zero attached hydrogens (tertiary/aromatic N) is 4. The summed E-state index contributed by atoms with van der Waals surface area (Å²) in [6.45, 7) is 7.65. The van der Waals surface area contributed by atoms with Crippen molar-refractivity contribution in [3.05, 3.63) is 33.3 Å². The number of carbonyl (C=O) groups excluding carboxylic acids is 2. The molecule has 3 heterocycles.